The van der Waals surface area contributed by atoms with Gasteiger partial charge in [-0.1, -0.05) is 30.3 Å². The highest BCUT2D eigenvalue weighted by Crippen LogP contribution is 2.24. The first-order valence-electron chi connectivity index (χ1n) is 13.8. The first-order valence-corrected chi connectivity index (χ1v) is 13.8. The van der Waals surface area contributed by atoms with E-state index in [-0.39, 0.29) is 19.1 Å². The monoisotopic (exact) mass is 562 g/mol. The van der Waals surface area contributed by atoms with Gasteiger partial charge in [0.1, 0.15) is 23.9 Å². The van der Waals surface area contributed by atoms with E-state index in [1.807, 2.05) is 48.3 Å². The minimum absolute atomic E-state index is 0.129. The van der Waals surface area contributed by atoms with Gasteiger partial charge in [-0.15, -0.1) is 0 Å². The third-order valence-electron chi connectivity index (χ3n) is 7.52. The average molecular weight is 563 g/mol. The number of nitrogens with one attached hydrogen (secondary N) is 2. The molecule has 2 fully saturated rings. The summed E-state index contributed by atoms with van der Waals surface area (Å²) in [5.74, 6) is 1.01. The van der Waals surface area contributed by atoms with E-state index in [0.717, 1.165) is 37.1 Å². The first kappa shape index (κ1) is 28.2. The van der Waals surface area contributed by atoms with Crippen molar-refractivity contribution in [3.05, 3.63) is 60.9 Å². The van der Waals surface area contributed by atoms with Crippen LogP contribution in [0.4, 0.5) is 31.6 Å². The summed E-state index contributed by atoms with van der Waals surface area (Å²) in [6, 6.07) is 13.8. The zero-order valence-electron chi connectivity index (χ0n) is 23.2. The molecule has 2 aromatic heterocycles. The number of anilines is 3. The van der Waals surface area contributed by atoms with Crippen molar-refractivity contribution in [3.63, 3.8) is 0 Å². The van der Waals surface area contributed by atoms with Crippen molar-refractivity contribution < 1.29 is 18.7 Å². The van der Waals surface area contributed by atoms with E-state index in [4.69, 9.17) is 4.74 Å². The summed E-state index contributed by atoms with van der Waals surface area (Å²) < 4.78 is 20.6. The third kappa shape index (κ3) is 7.26. The van der Waals surface area contributed by atoms with Gasteiger partial charge in [-0.2, -0.15) is 4.98 Å². The van der Waals surface area contributed by atoms with Gasteiger partial charge in [0.15, 0.2) is 0 Å². The van der Waals surface area contributed by atoms with Gasteiger partial charge in [0.2, 0.25) is 5.95 Å². The molecular formula is C29H35FN8O3. The Morgan fingerprint density at radius 1 is 0.951 bits per heavy atom. The van der Waals surface area contributed by atoms with Gasteiger partial charge >= 0.3 is 12.1 Å². The van der Waals surface area contributed by atoms with Crippen LogP contribution in [-0.4, -0.2) is 95.5 Å². The molecule has 1 aromatic carbocycles. The van der Waals surface area contributed by atoms with Crippen molar-refractivity contribution >= 4 is 29.7 Å². The molecule has 41 heavy (non-hydrogen) atoms. The van der Waals surface area contributed by atoms with Crippen LogP contribution in [0.1, 0.15) is 19.3 Å². The molecule has 0 radical (unpaired) electrons. The van der Waals surface area contributed by atoms with Crippen molar-refractivity contribution in [1.29, 1.82) is 0 Å². The number of benzene rings is 1. The van der Waals surface area contributed by atoms with Gasteiger partial charge in [-0.05, 0) is 50.1 Å². The normalized spacial score (nSPS) is 19.8. The van der Waals surface area contributed by atoms with Gasteiger partial charge in [0, 0.05) is 51.2 Å². The number of amides is 3. The average Bonchev–Trinajstić information content (AvgIpc) is 2.99. The maximum absolute atomic E-state index is 15.0. The van der Waals surface area contributed by atoms with Crippen molar-refractivity contribution in [1.82, 2.24) is 24.8 Å². The molecule has 2 saturated heterocycles. The van der Waals surface area contributed by atoms with Crippen LogP contribution in [-0.2, 0) is 4.74 Å². The summed E-state index contributed by atoms with van der Waals surface area (Å²) in [7, 11) is 3.60. The Hall–Kier alpha value is -4.32. The number of nitrogens with zero attached hydrogens (tertiary/aromatic N) is 6. The second kappa shape index (κ2) is 12.9. The Kier molecular flexibility index (Phi) is 8.88. The number of hydrogen-bond donors (Lipinski definition) is 2. The minimum atomic E-state index is -1.22. The number of carbonyl (C=O) groups excluding carboxylic acids is 2. The number of carbonyl (C=O) groups is 2. The van der Waals surface area contributed by atoms with Crippen LogP contribution in [0.25, 0.3) is 11.1 Å². The highest BCUT2D eigenvalue weighted by molar-refractivity contribution is 5.88. The molecule has 5 rings (SSSR count). The Morgan fingerprint density at radius 3 is 2.46 bits per heavy atom. The lowest BCUT2D eigenvalue weighted by molar-refractivity contribution is 0.0661. The predicted molar refractivity (Wildman–Crippen MR) is 155 cm³/mol. The summed E-state index contributed by atoms with van der Waals surface area (Å²) in [6.07, 6.45) is 3.08. The molecule has 4 heterocycles. The zero-order chi connectivity index (χ0) is 28.8. The van der Waals surface area contributed by atoms with E-state index in [2.05, 4.69) is 30.5 Å². The Balaban J connectivity index is 1.17. The third-order valence-corrected chi connectivity index (χ3v) is 7.52. The van der Waals surface area contributed by atoms with Crippen molar-refractivity contribution in [3.8, 4) is 11.1 Å². The molecule has 11 nitrogen and oxygen atoms in total. The number of ether oxygens (including phenoxy) is 1. The lowest BCUT2D eigenvalue weighted by atomic mass is 10.0. The Morgan fingerprint density at radius 2 is 1.73 bits per heavy atom. The molecule has 0 saturated carbocycles. The van der Waals surface area contributed by atoms with Gasteiger partial charge in [-0.25, -0.2) is 23.9 Å². The number of alkyl halides is 1. The zero-order valence-corrected chi connectivity index (χ0v) is 23.2. The SMILES string of the molecule is CN1CCC(OC(=O)Nc2ccnc(N3CC[C@@H](F)[C@@H](N(C)C(=O)Nc4ccc(-c5ccccc5)cn4)C3)n2)CC1. The molecule has 0 aliphatic carbocycles. The van der Waals surface area contributed by atoms with Crippen molar-refractivity contribution in [2.45, 2.75) is 37.6 Å². The van der Waals surface area contributed by atoms with Gasteiger partial charge in [0.05, 0.1) is 6.04 Å². The number of rotatable bonds is 6. The van der Waals surface area contributed by atoms with Crippen LogP contribution in [0.2, 0.25) is 0 Å². The van der Waals surface area contributed by atoms with Crippen LogP contribution in [0.3, 0.4) is 0 Å². The topological polar surface area (TPSA) is 116 Å². The van der Waals surface area contributed by atoms with E-state index < -0.39 is 24.3 Å². The number of hydrogen-bond acceptors (Lipinski definition) is 8. The molecule has 2 N–H and O–H groups in total. The molecule has 216 valence electrons. The highest BCUT2D eigenvalue weighted by atomic mass is 19.1. The number of likely N-dealkylation sites (N-methyl/N-ethyl adjacent to an activating group) is 1. The molecular weight excluding hydrogens is 527 g/mol. The highest BCUT2D eigenvalue weighted by Gasteiger charge is 2.35. The van der Waals surface area contributed by atoms with E-state index in [1.54, 1.807) is 25.4 Å². The number of aromatic nitrogens is 3. The standard InChI is InChI=1S/C29H35FN8O3/c1-36-15-11-22(12-16-36)41-29(40)35-26-10-14-31-27(33-26)38-17-13-23(30)24(19-38)37(2)28(39)34-25-9-8-21(18-32-25)20-6-4-3-5-7-20/h3-10,14,18,22-24H,11-13,15-17,19H2,1-2H3,(H,32,34,39)(H,31,33,35,40)/t23-,24+/m1/s1. The predicted octanol–water partition coefficient (Wildman–Crippen LogP) is 4.26. The summed E-state index contributed by atoms with van der Waals surface area (Å²) in [5.41, 5.74) is 1.95. The van der Waals surface area contributed by atoms with E-state index in [9.17, 15) is 9.59 Å². The summed E-state index contributed by atoms with van der Waals surface area (Å²) >= 11 is 0. The van der Waals surface area contributed by atoms with Gasteiger partial charge < -0.3 is 19.4 Å². The fourth-order valence-electron chi connectivity index (χ4n) is 5.03. The van der Waals surface area contributed by atoms with Crippen LogP contribution in [0.5, 0.6) is 0 Å². The quantitative estimate of drug-likeness (QED) is 0.458. The molecule has 3 amide bonds. The number of pyridine rings is 1. The van der Waals surface area contributed by atoms with Crippen LogP contribution < -0.4 is 15.5 Å². The second-order valence-corrected chi connectivity index (χ2v) is 10.4. The number of likely N-dealkylation sites (tertiary alicyclic amines) is 1. The van der Waals surface area contributed by atoms with E-state index >= 15 is 4.39 Å². The summed E-state index contributed by atoms with van der Waals surface area (Å²) in [4.78, 5) is 43.9. The van der Waals surface area contributed by atoms with Crippen LogP contribution >= 0.6 is 0 Å². The molecule has 0 unspecified atom stereocenters. The van der Waals surface area contributed by atoms with Crippen molar-refractivity contribution in [2.75, 3.05) is 55.8 Å². The molecule has 0 bridgehead atoms. The Labute approximate surface area is 238 Å². The van der Waals surface area contributed by atoms with Gasteiger partial charge in [-0.3, -0.25) is 10.6 Å². The molecule has 3 aromatic rings. The molecule has 2 aliphatic rings. The largest absolute Gasteiger partial charge is 0.446 e. The van der Waals surface area contributed by atoms with Crippen LogP contribution in [0.15, 0.2) is 60.9 Å². The second-order valence-electron chi connectivity index (χ2n) is 10.4. The molecule has 12 heteroatoms. The van der Waals surface area contributed by atoms with E-state index in [0.29, 0.717) is 24.1 Å². The van der Waals surface area contributed by atoms with E-state index in [1.165, 1.54) is 11.1 Å². The first-order chi connectivity index (χ1) is 19.9. The Bertz CT molecular complexity index is 1320. The fraction of sp³-hybridized carbons (Fsp3) is 0.414. The van der Waals surface area contributed by atoms with Crippen LogP contribution in [0, 0.1) is 0 Å². The number of piperidine rings is 2. The number of urea groups is 1. The van der Waals surface area contributed by atoms with Gasteiger partial charge in [0.25, 0.3) is 0 Å². The summed E-state index contributed by atoms with van der Waals surface area (Å²) in [6.45, 7) is 2.32. The maximum Gasteiger partial charge on any atom is 0.413 e. The maximum atomic E-state index is 15.0. The minimum Gasteiger partial charge on any atom is -0.446 e. The lowest BCUT2D eigenvalue weighted by Gasteiger charge is -2.39. The lowest BCUT2D eigenvalue weighted by Crippen LogP contribution is -2.55. The van der Waals surface area contributed by atoms with Crippen molar-refractivity contribution in [2.24, 2.45) is 0 Å². The molecule has 2 atom stereocenters. The molecule has 2 aliphatic heterocycles. The summed E-state index contributed by atoms with van der Waals surface area (Å²) in [5, 5.41) is 5.43. The smallest absolute Gasteiger partial charge is 0.413 e. The molecule has 0 spiro atoms. The number of halogens is 1. The fourth-order valence-corrected chi connectivity index (χ4v) is 5.03.